The molecule has 1 unspecified atom stereocenters. The lowest BCUT2D eigenvalue weighted by Gasteiger charge is -2.18. The van der Waals surface area contributed by atoms with Gasteiger partial charge in [0.2, 0.25) is 0 Å². The van der Waals surface area contributed by atoms with Gasteiger partial charge in [0, 0.05) is 18.7 Å². The fourth-order valence-electron chi connectivity index (χ4n) is 1.39. The molecule has 0 fully saturated rings. The Hall–Kier alpha value is -1.09. The van der Waals surface area contributed by atoms with Crippen LogP contribution in [0.25, 0.3) is 0 Å². The van der Waals surface area contributed by atoms with Gasteiger partial charge >= 0.3 is 0 Å². The summed E-state index contributed by atoms with van der Waals surface area (Å²) in [7, 11) is 0. The normalized spacial score (nSPS) is 13.2. The molecule has 0 aliphatic heterocycles. The van der Waals surface area contributed by atoms with Crippen LogP contribution in [0.4, 0.5) is 0 Å². The van der Waals surface area contributed by atoms with Crippen molar-refractivity contribution in [2.24, 2.45) is 11.7 Å². The summed E-state index contributed by atoms with van der Waals surface area (Å²) in [6.45, 7) is 4.67. The largest absolute Gasteiger partial charge is 0.506 e. The van der Waals surface area contributed by atoms with Crippen LogP contribution in [0.2, 0.25) is 0 Å². The molecule has 1 atom stereocenters. The Morgan fingerprint density at radius 2 is 2.23 bits per heavy atom. The molecule has 13 heavy (non-hydrogen) atoms. The van der Waals surface area contributed by atoms with E-state index in [0.29, 0.717) is 18.2 Å². The summed E-state index contributed by atoms with van der Waals surface area (Å²) in [6.07, 6.45) is 1.68. The molecule has 0 saturated heterocycles. The summed E-state index contributed by atoms with van der Waals surface area (Å²) in [5.41, 5.74) is 6.33. The van der Waals surface area contributed by atoms with Crippen LogP contribution in [-0.4, -0.2) is 16.6 Å². The first kappa shape index (κ1) is 9.99. The van der Waals surface area contributed by atoms with E-state index < -0.39 is 0 Å². The van der Waals surface area contributed by atoms with Gasteiger partial charge in [-0.05, 0) is 18.1 Å². The molecule has 0 spiro atoms. The van der Waals surface area contributed by atoms with Gasteiger partial charge in [0.15, 0.2) is 0 Å². The standard InChI is InChI=1S/C10H16N2O/c1-7(2)8(6-11)10-9(13)4-3-5-12-10/h3-5,7-8,13H,6,11H2,1-2H3. The molecule has 3 heteroatoms. The molecule has 0 aromatic carbocycles. The number of rotatable bonds is 3. The summed E-state index contributed by atoms with van der Waals surface area (Å²) in [5.74, 6) is 0.777. The Balaban J connectivity index is 2.97. The first-order valence-electron chi connectivity index (χ1n) is 4.50. The number of pyridine rings is 1. The number of hydrogen-bond acceptors (Lipinski definition) is 3. The van der Waals surface area contributed by atoms with Gasteiger partial charge in [-0.15, -0.1) is 0 Å². The van der Waals surface area contributed by atoms with E-state index in [1.54, 1.807) is 18.3 Å². The van der Waals surface area contributed by atoms with Crippen molar-refractivity contribution in [3.05, 3.63) is 24.0 Å². The lowest BCUT2D eigenvalue weighted by atomic mass is 9.92. The Morgan fingerprint density at radius 1 is 1.54 bits per heavy atom. The maximum Gasteiger partial charge on any atom is 0.137 e. The van der Waals surface area contributed by atoms with Gasteiger partial charge in [0.25, 0.3) is 0 Å². The van der Waals surface area contributed by atoms with Crippen molar-refractivity contribution in [3.8, 4) is 5.75 Å². The van der Waals surface area contributed by atoms with E-state index in [9.17, 15) is 5.11 Å². The molecule has 0 saturated carbocycles. The highest BCUT2D eigenvalue weighted by Crippen LogP contribution is 2.27. The highest BCUT2D eigenvalue weighted by atomic mass is 16.3. The molecule has 1 aromatic rings. The highest BCUT2D eigenvalue weighted by molar-refractivity contribution is 5.28. The Kier molecular flexibility index (Phi) is 3.25. The molecule has 3 nitrogen and oxygen atoms in total. The molecule has 3 N–H and O–H groups in total. The lowest BCUT2D eigenvalue weighted by molar-refractivity contribution is 0.429. The maximum absolute atomic E-state index is 9.54. The second kappa shape index (κ2) is 4.23. The van der Waals surface area contributed by atoms with Crippen LogP contribution in [0.1, 0.15) is 25.5 Å². The molecule has 72 valence electrons. The van der Waals surface area contributed by atoms with Crippen LogP contribution in [0, 0.1) is 5.92 Å². The van der Waals surface area contributed by atoms with Crippen molar-refractivity contribution in [1.29, 1.82) is 0 Å². The maximum atomic E-state index is 9.54. The van der Waals surface area contributed by atoms with Gasteiger partial charge in [-0.25, -0.2) is 0 Å². The quantitative estimate of drug-likeness (QED) is 0.740. The summed E-state index contributed by atoms with van der Waals surface area (Å²) >= 11 is 0. The van der Waals surface area contributed by atoms with Gasteiger partial charge < -0.3 is 10.8 Å². The molecule has 1 heterocycles. The van der Waals surface area contributed by atoms with Crippen LogP contribution in [0.15, 0.2) is 18.3 Å². The van der Waals surface area contributed by atoms with Crippen LogP contribution >= 0.6 is 0 Å². The third-order valence-electron chi connectivity index (χ3n) is 2.23. The van der Waals surface area contributed by atoms with Crippen molar-refractivity contribution >= 4 is 0 Å². The zero-order valence-corrected chi connectivity index (χ0v) is 8.07. The minimum Gasteiger partial charge on any atom is -0.506 e. The van der Waals surface area contributed by atoms with Crippen molar-refractivity contribution in [1.82, 2.24) is 4.98 Å². The minimum absolute atomic E-state index is 0.140. The zero-order valence-electron chi connectivity index (χ0n) is 8.07. The SMILES string of the molecule is CC(C)C(CN)c1ncccc1O. The molecule has 0 aliphatic rings. The number of aromatic nitrogens is 1. The first-order valence-corrected chi connectivity index (χ1v) is 4.50. The fraction of sp³-hybridized carbons (Fsp3) is 0.500. The Bertz CT molecular complexity index is 273. The van der Waals surface area contributed by atoms with E-state index in [-0.39, 0.29) is 11.7 Å². The van der Waals surface area contributed by atoms with Crippen LogP contribution in [-0.2, 0) is 0 Å². The van der Waals surface area contributed by atoms with Crippen LogP contribution in [0.5, 0.6) is 5.75 Å². The molecular weight excluding hydrogens is 164 g/mol. The average Bonchev–Trinajstić information content (AvgIpc) is 2.09. The molecular formula is C10H16N2O. The molecule has 0 aliphatic carbocycles. The van der Waals surface area contributed by atoms with E-state index >= 15 is 0 Å². The second-order valence-corrected chi connectivity index (χ2v) is 3.49. The van der Waals surface area contributed by atoms with Gasteiger partial charge in [0.05, 0.1) is 5.69 Å². The van der Waals surface area contributed by atoms with Crippen molar-refractivity contribution in [2.75, 3.05) is 6.54 Å². The predicted molar refractivity (Wildman–Crippen MR) is 52.5 cm³/mol. The van der Waals surface area contributed by atoms with E-state index in [1.807, 2.05) is 0 Å². The van der Waals surface area contributed by atoms with Gasteiger partial charge in [-0.3, -0.25) is 4.98 Å². The van der Waals surface area contributed by atoms with Crippen molar-refractivity contribution in [2.45, 2.75) is 19.8 Å². The first-order chi connectivity index (χ1) is 6.16. The third kappa shape index (κ3) is 2.18. The van der Waals surface area contributed by atoms with Gasteiger partial charge in [-0.2, -0.15) is 0 Å². The van der Waals surface area contributed by atoms with E-state index in [2.05, 4.69) is 18.8 Å². The van der Waals surface area contributed by atoms with E-state index in [4.69, 9.17) is 5.73 Å². The van der Waals surface area contributed by atoms with Crippen LogP contribution in [0.3, 0.4) is 0 Å². The van der Waals surface area contributed by atoms with Crippen molar-refractivity contribution in [3.63, 3.8) is 0 Å². The zero-order chi connectivity index (χ0) is 9.84. The molecule has 1 rings (SSSR count). The molecule has 0 amide bonds. The molecule has 0 radical (unpaired) electrons. The third-order valence-corrected chi connectivity index (χ3v) is 2.23. The van der Waals surface area contributed by atoms with E-state index in [0.717, 1.165) is 0 Å². The second-order valence-electron chi connectivity index (χ2n) is 3.49. The average molecular weight is 180 g/mol. The summed E-state index contributed by atoms with van der Waals surface area (Å²) in [4.78, 5) is 4.14. The monoisotopic (exact) mass is 180 g/mol. The number of aromatic hydroxyl groups is 1. The summed E-state index contributed by atoms with van der Waals surface area (Å²) in [6, 6.07) is 3.36. The number of nitrogens with two attached hydrogens (primary N) is 1. The van der Waals surface area contributed by atoms with Crippen LogP contribution < -0.4 is 5.73 Å². The smallest absolute Gasteiger partial charge is 0.137 e. The molecule has 1 aromatic heterocycles. The highest BCUT2D eigenvalue weighted by Gasteiger charge is 2.18. The minimum atomic E-state index is 0.140. The van der Waals surface area contributed by atoms with E-state index in [1.165, 1.54) is 0 Å². The predicted octanol–water partition coefficient (Wildman–Crippen LogP) is 1.49. The topological polar surface area (TPSA) is 59.1 Å². The van der Waals surface area contributed by atoms with Gasteiger partial charge in [-0.1, -0.05) is 13.8 Å². The Morgan fingerprint density at radius 3 is 2.69 bits per heavy atom. The van der Waals surface area contributed by atoms with Gasteiger partial charge in [0.1, 0.15) is 5.75 Å². The summed E-state index contributed by atoms with van der Waals surface area (Å²) in [5, 5.41) is 9.54. The molecule has 0 bridgehead atoms. The fourth-order valence-corrected chi connectivity index (χ4v) is 1.39. The number of hydrogen-bond donors (Lipinski definition) is 2. The Labute approximate surface area is 78.6 Å². The van der Waals surface area contributed by atoms with Crippen molar-refractivity contribution < 1.29 is 5.11 Å². The number of nitrogens with zero attached hydrogens (tertiary/aromatic N) is 1. The lowest BCUT2D eigenvalue weighted by Crippen LogP contribution is -2.18. The summed E-state index contributed by atoms with van der Waals surface area (Å²) < 4.78 is 0.